The van der Waals surface area contributed by atoms with Gasteiger partial charge in [0.05, 0.1) is 0 Å². The maximum absolute atomic E-state index is 11.3. The van der Waals surface area contributed by atoms with Crippen molar-refractivity contribution in [3.63, 3.8) is 0 Å². The van der Waals surface area contributed by atoms with Gasteiger partial charge in [0.2, 0.25) is 0 Å². The van der Waals surface area contributed by atoms with Crippen LogP contribution in [0.25, 0.3) is 22.4 Å². The van der Waals surface area contributed by atoms with Crippen molar-refractivity contribution < 1.29 is 9.90 Å². The molecule has 0 spiro atoms. The maximum Gasteiger partial charge on any atom is 0.331 e. The molecule has 2 aromatic carbocycles. The highest BCUT2D eigenvalue weighted by Gasteiger charge is 2.22. The Morgan fingerprint density at radius 3 is 2.80 bits per heavy atom. The van der Waals surface area contributed by atoms with Gasteiger partial charge in [-0.25, -0.2) is 4.79 Å². The van der Waals surface area contributed by atoms with Gasteiger partial charge in [-0.05, 0) is 33.0 Å². The normalized spacial score (nSPS) is 15.6. The third-order valence-electron chi connectivity index (χ3n) is 4.01. The number of fused-ring (bicyclic) bond motifs is 2. The van der Waals surface area contributed by atoms with Crippen LogP contribution in [0.3, 0.4) is 0 Å². The summed E-state index contributed by atoms with van der Waals surface area (Å²) in [6.07, 6.45) is 8.32. The first-order valence-corrected chi connectivity index (χ1v) is 6.61. The van der Waals surface area contributed by atoms with E-state index >= 15 is 0 Å². The summed E-state index contributed by atoms with van der Waals surface area (Å²) in [6, 6.07) is 10.4. The fraction of sp³-hybridized carbons (Fsp3) is 0.0556. The third-order valence-corrected chi connectivity index (χ3v) is 4.01. The summed E-state index contributed by atoms with van der Waals surface area (Å²) in [4.78, 5) is 11.3. The molecule has 2 aromatic rings. The molecule has 20 heavy (non-hydrogen) atoms. The van der Waals surface area contributed by atoms with Gasteiger partial charge in [0, 0.05) is 12.0 Å². The largest absolute Gasteiger partial charge is 0.478 e. The SMILES string of the molecule is O=C(O)C1=CC=C2C=Cc3c2c(cc2ccccc32)C1. The molecule has 0 amide bonds. The van der Waals surface area contributed by atoms with Gasteiger partial charge >= 0.3 is 5.97 Å². The maximum atomic E-state index is 11.3. The van der Waals surface area contributed by atoms with Crippen LogP contribution in [0.4, 0.5) is 0 Å². The molecule has 4 rings (SSSR count). The molecule has 0 radical (unpaired) electrons. The van der Waals surface area contributed by atoms with Crippen molar-refractivity contribution in [3.05, 3.63) is 70.8 Å². The zero-order valence-corrected chi connectivity index (χ0v) is 10.8. The minimum absolute atomic E-state index is 0.442. The first-order chi connectivity index (χ1) is 9.74. The van der Waals surface area contributed by atoms with E-state index in [4.69, 9.17) is 0 Å². The van der Waals surface area contributed by atoms with E-state index in [1.807, 2.05) is 18.2 Å². The van der Waals surface area contributed by atoms with Gasteiger partial charge in [-0.1, -0.05) is 54.6 Å². The third kappa shape index (κ3) is 1.48. The summed E-state index contributed by atoms with van der Waals surface area (Å²) in [5.74, 6) is -0.840. The van der Waals surface area contributed by atoms with Crippen molar-refractivity contribution in [2.24, 2.45) is 0 Å². The van der Waals surface area contributed by atoms with E-state index in [1.165, 1.54) is 21.9 Å². The van der Waals surface area contributed by atoms with Gasteiger partial charge in [0.1, 0.15) is 0 Å². The van der Waals surface area contributed by atoms with E-state index in [-0.39, 0.29) is 0 Å². The quantitative estimate of drug-likeness (QED) is 0.846. The van der Waals surface area contributed by atoms with E-state index in [2.05, 4.69) is 30.4 Å². The minimum atomic E-state index is -0.840. The van der Waals surface area contributed by atoms with E-state index < -0.39 is 5.97 Å². The Labute approximate surface area is 116 Å². The summed E-state index contributed by atoms with van der Waals surface area (Å²) in [7, 11) is 0. The zero-order chi connectivity index (χ0) is 13.7. The molecule has 0 fully saturated rings. The second-order valence-electron chi connectivity index (χ2n) is 5.17. The lowest BCUT2D eigenvalue weighted by Gasteiger charge is -2.12. The van der Waals surface area contributed by atoms with Crippen molar-refractivity contribution in [2.45, 2.75) is 6.42 Å². The molecular weight excluding hydrogens is 248 g/mol. The molecule has 96 valence electrons. The molecule has 0 aliphatic heterocycles. The Morgan fingerprint density at radius 2 is 1.95 bits per heavy atom. The highest BCUT2D eigenvalue weighted by molar-refractivity contribution is 6.05. The van der Waals surface area contributed by atoms with Gasteiger partial charge in [-0.15, -0.1) is 0 Å². The number of benzene rings is 2. The predicted octanol–water partition coefficient (Wildman–Crippen LogP) is 3.82. The van der Waals surface area contributed by atoms with Crippen LogP contribution < -0.4 is 0 Å². The molecule has 2 aliphatic rings. The molecule has 0 saturated carbocycles. The summed E-state index contributed by atoms with van der Waals surface area (Å²) in [5, 5.41) is 11.7. The highest BCUT2D eigenvalue weighted by Crippen LogP contribution is 2.39. The Kier molecular flexibility index (Phi) is 2.21. The van der Waals surface area contributed by atoms with Gasteiger partial charge in [0.15, 0.2) is 0 Å². The molecule has 1 N–H and O–H groups in total. The van der Waals surface area contributed by atoms with Crippen molar-refractivity contribution in [1.82, 2.24) is 0 Å². The first-order valence-electron chi connectivity index (χ1n) is 6.61. The molecule has 0 heterocycles. The van der Waals surface area contributed by atoms with Crippen molar-refractivity contribution in [1.29, 1.82) is 0 Å². The van der Waals surface area contributed by atoms with Crippen molar-refractivity contribution in [2.75, 3.05) is 0 Å². The van der Waals surface area contributed by atoms with Gasteiger partial charge in [0.25, 0.3) is 0 Å². The van der Waals surface area contributed by atoms with Crippen LogP contribution in [0.2, 0.25) is 0 Å². The summed E-state index contributed by atoms with van der Waals surface area (Å²) in [6.45, 7) is 0. The topological polar surface area (TPSA) is 37.3 Å². The number of carboxylic acid groups (broad SMARTS) is 1. The van der Waals surface area contributed by atoms with Crippen LogP contribution in [-0.2, 0) is 11.2 Å². The smallest absolute Gasteiger partial charge is 0.331 e. The summed E-state index contributed by atoms with van der Waals surface area (Å²) in [5.41, 5.74) is 5.05. The van der Waals surface area contributed by atoms with Crippen molar-refractivity contribution >= 4 is 28.4 Å². The van der Waals surface area contributed by atoms with E-state index in [1.54, 1.807) is 6.08 Å². The number of rotatable bonds is 1. The fourth-order valence-electron chi connectivity index (χ4n) is 3.09. The predicted molar refractivity (Wildman–Crippen MR) is 80.4 cm³/mol. The molecule has 2 aliphatic carbocycles. The molecule has 2 nitrogen and oxygen atoms in total. The van der Waals surface area contributed by atoms with E-state index in [0.29, 0.717) is 12.0 Å². The Morgan fingerprint density at radius 1 is 1.10 bits per heavy atom. The monoisotopic (exact) mass is 260 g/mol. The highest BCUT2D eigenvalue weighted by atomic mass is 16.4. The number of hydrogen-bond acceptors (Lipinski definition) is 1. The molecule has 2 heteroatoms. The lowest BCUT2D eigenvalue weighted by molar-refractivity contribution is -0.132. The van der Waals surface area contributed by atoms with Gasteiger partial charge < -0.3 is 5.11 Å². The van der Waals surface area contributed by atoms with Crippen LogP contribution in [0.15, 0.2) is 54.1 Å². The second-order valence-corrected chi connectivity index (χ2v) is 5.17. The average Bonchev–Trinajstić information content (AvgIpc) is 2.78. The molecule has 0 saturated heterocycles. The van der Waals surface area contributed by atoms with Gasteiger partial charge in [-0.2, -0.15) is 0 Å². The Bertz CT molecular complexity index is 851. The standard InChI is InChI=1S/C18H12O2/c19-18(20)13-6-5-11-7-8-16-15-4-2-1-3-12(15)9-14(10-13)17(11)16/h1-9H,10H2,(H,19,20). The van der Waals surface area contributed by atoms with E-state index in [9.17, 15) is 9.90 Å². The zero-order valence-electron chi connectivity index (χ0n) is 10.8. The van der Waals surface area contributed by atoms with E-state index in [0.717, 1.165) is 11.1 Å². The fourth-order valence-corrected chi connectivity index (χ4v) is 3.09. The van der Waals surface area contributed by atoms with Crippen LogP contribution in [0.1, 0.15) is 16.7 Å². The second kappa shape index (κ2) is 3.94. The minimum Gasteiger partial charge on any atom is -0.478 e. The number of carbonyl (C=O) groups is 1. The Hall–Kier alpha value is -2.61. The number of aliphatic carboxylic acids is 1. The van der Waals surface area contributed by atoms with Crippen LogP contribution in [0.5, 0.6) is 0 Å². The number of carboxylic acids is 1. The Balaban J connectivity index is 2.06. The first kappa shape index (κ1) is 11.2. The number of hydrogen-bond donors (Lipinski definition) is 1. The summed E-state index contributed by atoms with van der Waals surface area (Å²) < 4.78 is 0. The van der Waals surface area contributed by atoms with Crippen molar-refractivity contribution in [3.8, 4) is 0 Å². The van der Waals surface area contributed by atoms with Gasteiger partial charge in [-0.3, -0.25) is 0 Å². The van der Waals surface area contributed by atoms with Crippen LogP contribution in [-0.4, -0.2) is 11.1 Å². The molecule has 0 aromatic heterocycles. The average molecular weight is 260 g/mol. The molecule has 0 bridgehead atoms. The number of allylic oxidation sites excluding steroid dienone is 4. The van der Waals surface area contributed by atoms with Crippen LogP contribution in [0, 0.1) is 0 Å². The molecule has 0 atom stereocenters. The lowest BCUT2D eigenvalue weighted by atomic mass is 9.92. The van der Waals surface area contributed by atoms with Crippen LogP contribution >= 0.6 is 0 Å². The molecular formula is C18H12O2. The lowest BCUT2D eigenvalue weighted by Crippen LogP contribution is -2.04. The summed E-state index contributed by atoms with van der Waals surface area (Å²) >= 11 is 0. The molecule has 0 unspecified atom stereocenters.